The van der Waals surface area contributed by atoms with E-state index < -0.39 is 6.10 Å². The smallest absolute Gasteiger partial charge is 0.0994 e. The van der Waals surface area contributed by atoms with Crippen molar-refractivity contribution in [1.29, 1.82) is 5.26 Å². The highest BCUT2D eigenvalue weighted by atomic mass is 16.3. The van der Waals surface area contributed by atoms with Gasteiger partial charge in [0, 0.05) is 6.42 Å². The van der Waals surface area contributed by atoms with Gasteiger partial charge in [-0.2, -0.15) is 5.26 Å². The van der Waals surface area contributed by atoms with Crippen LogP contribution < -0.4 is 0 Å². The van der Waals surface area contributed by atoms with Gasteiger partial charge < -0.3 is 10.2 Å². The molecule has 0 spiro atoms. The van der Waals surface area contributed by atoms with Crippen molar-refractivity contribution in [2.75, 3.05) is 6.61 Å². The zero-order valence-electron chi connectivity index (χ0n) is 8.99. The van der Waals surface area contributed by atoms with E-state index in [9.17, 15) is 5.11 Å². The predicted octanol–water partition coefficient (Wildman–Crippen LogP) is 1.07. The van der Waals surface area contributed by atoms with Gasteiger partial charge in [-0.25, -0.2) is 0 Å². The van der Waals surface area contributed by atoms with E-state index in [2.05, 4.69) is 6.07 Å². The zero-order chi connectivity index (χ0) is 11.4. The summed E-state index contributed by atoms with van der Waals surface area (Å²) in [5, 5.41) is 27.0. The second kappa shape index (κ2) is 4.92. The first-order valence-corrected chi connectivity index (χ1v) is 4.87. The third kappa shape index (κ3) is 2.79. The number of aryl methyl sites for hydroxylation is 2. The van der Waals surface area contributed by atoms with Crippen LogP contribution in [0.5, 0.6) is 0 Å². The summed E-state index contributed by atoms with van der Waals surface area (Å²) in [4.78, 5) is 0. The fourth-order valence-corrected chi connectivity index (χ4v) is 1.47. The molecule has 0 aliphatic heterocycles. The Hall–Kier alpha value is -1.37. The van der Waals surface area contributed by atoms with Crippen molar-refractivity contribution in [3.8, 4) is 6.07 Å². The molecule has 1 rings (SSSR count). The normalized spacial score (nSPS) is 12.2. The van der Waals surface area contributed by atoms with Crippen LogP contribution >= 0.6 is 0 Å². The van der Waals surface area contributed by atoms with Crippen molar-refractivity contribution in [1.82, 2.24) is 0 Å². The average molecular weight is 205 g/mol. The highest BCUT2D eigenvalue weighted by Gasteiger charge is 2.09. The minimum absolute atomic E-state index is 0.280. The Morgan fingerprint density at radius 3 is 2.47 bits per heavy atom. The van der Waals surface area contributed by atoms with E-state index in [1.165, 1.54) is 0 Å². The monoisotopic (exact) mass is 205 g/mol. The Morgan fingerprint density at radius 1 is 1.33 bits per heavy atom. The van der Waals surface area contributed by atoms with Crippen LogP contribution in [0.25, 0.3) is 0 Å². The van der Waals surface area contributed by atoms with E-state index in [4.69, 9.17) is 10.4 Å². The molecule has 1 atom stereocenters. The van der Waals surface area contributed by atoms with Gasteiger partial charge in [0.1, 0.15) is 0 Å². The number of aliphatic hydroxyl groups excluding tert-OH is 2. The Kier molecular flexibility index (Phi) is 3.84. The molecule has 0 fully saturated rings. The van der Waals surface area contributed by atoms with E-state index in [0.717, 1.165) is 16.7 Å². The Morgan fingerprint density at radius 2 is 1.93 bits per heavy atom. The van der Waals surface area contributed by atoms with Gasteiger partial charge in [-0.05, 0) is 36.6 Å². The molecule has 0 aliphatic carbocycles. The molecule has 80 valence electrons. The molecule has 0 unspecified atom stereocenters. The summed E-state index contributed by atoms with van der Waals surface area (Å²) < 4.78 is 0. The highest BCUT2D eigenvalue weighted by Crippen LogP contribution is 2.16. The van der Waals surface area contributed by atoms with E-state index >= 15 is 0 Å². The lowest BCUT2D eigenvalue weighted by molar-refractivity contribution is 0.0954. The lowest BCUT2D eigenvalue weighted by Crippen LogP contribution is -2.16. The van der Waals surface area contributed by atoms with Crippen molar-refractivity contribution < 1.29 is 10.2 Å². The SMILES string of the molecule is Cc1cc(C#N)c(C[C@@H](O)CO)cc1C. The molecule has 0 aromatic heterocycles. The maximum absolute atomic E-state index is 9.33. The van der Waals surface area contributed by atoms with Crippen molar-refractivity contribution in [3.63, 3.8) is 0 Å². The molecule has 0 bridgehead atoms. The first kappa shape index (κ1) is 11.7. The minimum atomic E-state index is -0.792. The largest absolute Gasteiger partial charge is 0.394 e. The summed E-state index contributed by atoms with van der Waals surface area (Å²) in [6.45, 7) is 3.63. The molecular formula is C12H15NO2. The molecule has 2 N–H and O–H groups in total. The third-order valence-electron chi connectivity index (χ3n) is 2.51. The lowest BCUT2D eigenvalue weighted by Gasteiger charge is -2.11. The van der Waals surface area contributed by atoms with E-state index in [-0.39, 0.29) is 6.61 Å². The highest BCUT2D eigenvalue weighted by molar-refractivity contribution is 5.44. The fraction of sp³-hybridized carbons (Fsp3) is 0.417. The maximum atomic E-state index is 9.33. The van der Waals surface area contributed by atoms with Crippen molar-refractivity contribution >= 4 is 0 Å². The quantitative estimate of drug-likeness (QED) is 0.775. The second-order valence-corrected chi connectivity index (χ2v) is 3.75. The van der Waals surface area contributed by atoms with Crippen molar-refractivity contribution in [2.24, 2.45) is 0 Å². The summed E-state index contributed by atoms with van der Waals surface area (Å²) in [6, 6.07) is 5.81. The molecule has 0 heterocycles. The average Bonchev–Trinajstić information content (AvgIpc) is 2.22. The number of aliphatic hydroxyl groups is 2. The van der Waals surface area contributed by atoms with Gasteiger partial charge in [-0.3, -0.25) is 0 Å². The van der Waals surface area contributed by atoms with Crippen molar-refractivity contribution in [2.45, 2.75) is 26.4 Å². The first-order chi connectivity index (χ1) is 7.08. The number of nitrogens with zero attached hydrogens (tertiary/aromatic N) is 1. The second-order valence-electron chi connectivity index (χ2n) is 3.75. The number of benzene rings is 1. The molecule has 0 radical (unpaired) electrons. The van der Waals surface area contributed by atoms with Crippen molar-refractivity contribution in [3.05, 3.63) is 34.4 Å². The van der Waals surface area contributed by atoms with Crippen LogP contribution in [0, 0.1) is 25.2 Å². The maximum Gasteiger partial charge on any atom is 0.0994 e. The Bertz CT molecular complexity index is 393. The van der Waals surface area contributed by atoms with Crippen LogP contribution in [0.15, 0.2) is 12.1 Å². The number of rotatable bonds is 3. The molecular weight excluding hydrogens is 190 g/mol. The topological polar surface area (TPSA) is 64.2 Å². The molecule has 0 amide bonds. The number of hydrogen-bond donors (Lipinski definition) is 2. The van der Waals surface area contributed by atoms with E-state index in [1.807, 2.05) is 26.0 Å². The fourth-order valence-electron chi connectivity index (χ4n) is 1.47. The van der Waals surface area contributed by atoms with Crippen LogP contribution in [0.2, 0.25) is 0 Å². The predicted molar refractivity (Wildman–Crippen MR) is 57.4 cm³/mol. The molecule has 3 nitrogen and oxygen atoms in total. The first-order valence-electron chi connectivity index (χ1n) is 4.87. The van der Waals surface area contributed by atoms with E-state index in [1.54, 1.807) is 0 Å². The zero-order valence-corrected chi connectivity index (χ0v) is 8.99. The van der Waals surface area contributed by atoms with E-state index in [0.29, 0.717) is 12.0 Å². The van der Waals surface area contributed by atoms with Crippen LogP contribution in [0.4, 0.5) is 0 Å². The van der Waals surface area contributed by atoms with Crippen LogP contribution in [0.3, 0.4) is 0 Å². The van der Waals surface area contributed by atoms with Gasteiger partial charge in [0.25, 0.3) is 0 Å². The van der Waals surface area contributed by atoms with Gasteiger partial charge in [0.05, 0.1) is 24.3 Å². The summed E-state index contributed by atoms with van der Waals surface area (Å²) in [5.74, 6) is 0. The Labute approximate surface area is 89.6 Å². The van der Waals surface area contributed by atoms with Crippen LogP contribution in [0.1, 0.15) is 22.3 Å². The van der Waals surface area contributed by atoms with Gasteiger partial charge in [-0.15, -0.1) is 0 Å². The summed E-state index contributed by atoms with van der Waals surface area (Å²) in [7, 11) is 0. The molecule has 1 aromatic carbocycles. The number of nitriles is 1. The van der Waals surface area contributed by atoms with Gasteiger partial charge in [-0.1, -0.05) is 6.07 Å². The summed E-state index contributed by atoms with van der Waals surface area (Å²) in [6.07, 6.45) is -0.472. The molecule has 0 saturated heterocycles. The molecule has 3 heteroatoms. The molecule has 0 saturated carbocycles. The van der Waals surface area contributed by atoms with Crippen LogP contribution in [-0.4, -0.2) is 22.9 Å². The minimum Gasteiger partial charge on any atom is -0.394 e. The van der Waals surface area contributed by atoms with Gasteiger partial charge in [0.2, 0.25) is 0 Å². The standard InChI is InChI=1S/C12H15NO2/c1-8-3-10(5-12(15)7-14)11(6-13)4-9(8)2/h3-4,12,14-15H,5,7H2,1-2H3/t12-/m1/s1. The summed E-state index contributed by atoms with van der Waals surface area (Å²) in [5.41, 5.74) is 3.52. The lowest BCUT2D eigenvalue weighted by atomic mass is 9.97. The Balaban J connectivity index is 3.06. The molecule has 0 aliphatic rings. The number of hydrogen-bond acceptors (Lipinski definition) is 3. The van der Waals surface area contributed by atoms with Gasteiger partial charge >= 0.3 is 0 Å². The van der Waals surface area contributed by atoms with Crippen LogP contribution in [-0.2, 0) is 6.42 Å². The summed E-state index contributed by atoms with van der Waals surface area (Å²) >= 11 is 0. The van der Waals surface area contributed by atoms with Gasteiger partial charge in [0.15, 0.2) is 0 Å². The third-order valence-corrected chi connectivity index (χ3v) is 2.51. The molecule has 15 heavy (non-hydrogen) atoms. The molecule has 1 aromatic rings.